The second kappa shape index (κ2) is 9.37. The zero-order chi connectivity index (χ0) is 25.5. The number of nitrogens with zero attached hydrogens (tertiary/aromatic N) is 1. The van der Waals surface area contributed by atoms with Crippen molar-refractivity contribution in [3.05, 3.63) is 81.1 Å². The predicted molar refractivity (Wildman–Crippen MR) is 118 cm³/mol. The van der Waals surface area contributed by atoms with E-state index >= 15 is 0 Å². The lowest BCUT2D eigenvalue weighted by Gasteiger charge is -2.20. The molecular formula is C24H18F5NO4S. The van der Waals surface area contributed by atoms with Gasteiger partial charge in [-0.05, 0) is 47.9 Å². The summed E-state index contributed by atoms with van der Waals surface area (Å²) in [5.41, 5.74) is -0.0860. The average molecular weight is 511 g/mol. The summed E-state index contributed by atoms with van der Waals surface area (Å²) in [4.78, 5) is 26.0. The van der Waals surface area contributed by atoms with Crippen molar-refractivity contribution in [2.24, 2.45) is 0 Å². The van der Waals surface area contributed by atoms with Gasteiger partial charge in [0.2, 0.25) is 0 Å². The molecular weight excluding hydrogens is 493 g/mol. The molecule has 0 N–H and O–H groups in total. The van der Waals surface area contributed by atoms with Crippen LogP contribution in [0.25, 0.3) is 11.1 Å². The molecule has 0 spiro atoms. The number of hydrogen-bond acceptors (Lipinski definition) is 5. The Kier molecular flexibility index (Phi) is 6.63. The van der Waals surface area contributed by atoms with E-state index in [1.807, 2.05) is 0 Å². The van der Waals surface area contributed by atoms with Crippen molar-refractivity contribution >= 4 is 17.7 Å². The first kappa shape index (κ1) is 24.8. The number of halogens is 5. The van der Waals surface area contributed by atoms with Gasteiger partial charge in [-0.3, -0.25) is 9.36 Å². The second-order valence-electron chi connectivity index (χ2n) is 7.76. The molecule has 4 rings (SSSR count). The van der Waals surface area contributed by atoms with Gasteiger partial charge in [0.25, 0.3) is 5.56 Å². The van der Waals surface area contributed by atoms with Crippen LogP contribution in [0.5, 0.6) is 5.75 Å². The van der Waals surface area contributed by atoms with E-state index in [1.165, 1.54) is 29.9 Å². The Morgan fingerprint density at radius 2 is 1.77 bits per heavy atom. The van der Waals surface area contributed by atoms with Crippen molar-refractivity contribution in [1.82, 2.24) is 4.57 Å². The zero-order valence-corrected chi connectivity index (χ0v) is 19.2. The zero-order valence-electron chi connectivity index (χ0n) is 18.4. The highest BCUT2D eigenvalue weighted by molar-refractivity contribution is 7.99. The number of hydrogen-bond donors (Lipinski definition) is 0. The van der Waals surface area contributed by atoms with Crippen LogP contribution in [0.1, 0.15) is 22.7 Å². The summed E-state index contributed by atoms with van der Waals surface area (Å²) in [7, 11) is 1.17. The third kappa shape index (κ3) is 4.77. The number of pyridine rings is 1. The molecule has 1 aliphatic heterocycles. The molecule has 0 fully saturated rings. The van der Waals surface area contributed by atoms with Crippen molar-refractivity contribution in [3.63, 3.8) is 0 Å². The van der Waals surface area contributed by atoms with E-state index in [0.717, 1.165) is 36.0 Å². The molecule has 0 saturated carbocycles. The van der Waals surface area contributed by atoms with E-state index in [-0.39, 0.29) is 28.9 Å². The van der Waals surface area contributed by atoms with E-state index in [2.05, 4.69) is 4.74 Å². The van der Waals surface area contributed by atoms with Crippen molar-refractivity contribution in [1.29, 1.82) is 0 Å². The number of methoxy groups -OCH3 is 1. The van der Waals surface area contributed by atoms with Crippen LogP contribution in [0, 0.1) is 18.6 Å². The van der Waals surface area contributed by atoms with E-state index in [4.69, 9.17) is 4.74 Å². The smallest absolute Gasteiger partial charge is 0.467 e. The number of benzene rings is 2. The Morgan fingerprint density at radius 1 is 1.11 bits per heavy atom. The summed E-state index contributed by atoms with van der Waals surface area (Å²) >= 11 is 1.16. The Morgan fingerprint density at radius 3 is 2.40 bits per heavy atom. The van der Waals surface area contributed by atoms with Gasteiger partial charge in [-0.2, -0.15) is 0 Å². The number of rotatable bonds is 5. The Balaban J connectivity index is 1.96. The highest BCUT2D eigenvalue weighted by Crippen LogP contribution is 2.40. The molecule has 0 aliphatic carbocycles. The second-order valence-corrected chi connectivity index (χ2v) is 8.77. The molecule has 1 unspecified atom stereocenters. The molecule has 1 aromatic heterocycles. The van der Waals surface area contributed by atoms with Gasteiger partial charge < -0.3 is 9.47 Å². The van der Waals surface area contributed by atoms with Crippen LogP contribution in [0.4, 0.5) is 22.0 Å². The van der Waals surface area contributed by atoms with Gasteiger partial charge in [-0.15, -0.1) is 24.9 Å². The number of alkyl halides is 3. The number of aromatic nitrogens is 1. The predicted octanol–water partition coefficient (Wildman–Crippen LogP) is 5.41. The average Bonchev–Trinajstić information content (AvgIpc) is 3.22. The molecule has 5 nitrogen and oxygen atoms in total. The highest BCUT2D eigenvalue weighted by Gasteiger charge is 2.36. The first-order valence-corrected chi connectivity index (χ1v) is 11.3. The lowest BCUT2D eigenvalue weighted by atomic mass is 9.94. The Hall–Kier alpha value is -3.34. The third-order valence-electron chi connectivity index (χ3n) is 5.67. The maximum atomic E-state index is 14.5. The normalized spacial score (nSPS) is 15.1. The Labute approximate surface area is 200 Å². The van der Waals surface area contributed by atoms with Crippen molar-refractivity contribution in [3.8, 4) is 16.9 Å². The van der Waals surface area contributed by atoms with E-state index in [1.54, 1.807) is 6.92 Å². The summed E-state index contributed by atoms with van der Waals surface area (Å²) in [5.74, 6) is -2.66. The van der Waals surface area contributed by atoms with Crippen molar-refractivity contribution in [2.75, 3.05) is 12.9 Å². The van der Waals surface area contributed by atoms with E-state index in [9.17, 15) is 31.5 Å². The molecule has 1 atom stereocenters. The van der Waals surface area contributed by atoms with Gasteiger partial charge in [-0.25, -0.2) is 13.6 Å². The topological polar surface area (TPSA) is 57.5 Å². The molecule has 1 aliphatic rings. The van der Waals surface area contributed by atoms with Gasteiger partial charge >= 0.3 is 12.3 Å². The molecule has 35 heavy (non-hydrogen) atoms. The van der Waals surface area contributed by atoms with Crippen LogP contribution in [0.3, 0.4) is 0 Å². The molecule has 0 saturated heterocycles. The minimum absolute atomic E-state index is 0.00970. The SMILES string of the molecule is COC(=O)C1CSc2c(Cc3c(F)cccc3F)c(C)c(-c3cccc(OC(F)(F)F)c3)c(=O)n21. The molecule has 3 aromatic rings. The fourth-order valence-electron chi connectivity index (χ4n) is 4.09. The number of carbonyl (C=O) groups excluding carboxylic acids is 1. The van der Waals surface area contributed by atoms with E-state index < -0.39 is 41.3 Å². The largest absolute Gasteiger partial charge is 0.573 e. The maximum absolute atomic E-state index is 14.5. The molecule has 0 bridgehead atoms. The van der Waals surface area contributed by atoms with Gasteiger partial charge in [0.05, 0.1) is 17.7 Å². The van der Waals surface area contributed by atoms with Gasteiger partial charge in [0, 0.05) is 17.7 Å². The molecule has 2 heterocycles. The van der Waals surface area contributed by atoms with Gasteiger partial charge in [0.15, 0.2) is 0 Å². The van der Waals surface area contributed by atoms with Crippen molar-refractivity contribution in [2.45, 2.75) is 30.8 Å². The number of fused-ring (bicyclic) bond motifs is 1. The van der Waals surface area contributed by atoms with Crippen LogP contribution < -0.4 is 10.3 Å². The van der Waals surface area contributed by atoms with Crippen LogP contribution in [-0.4, -0.2) is 29.8 Å². The fourth-order valence-corrected chi connectivity index (χ4v) is 5.44. The van der Waals surface area contributed by atoms with Crippen molar-refractivity contribution < 1.29 is 36.2 Å². The lowest BCUT2D eigenvalue weighted by molar-refractivity contribution is -0.274. The first-order chi connectivity index (χ1) is 16.5. The third-order valence-corrected chi connectivity index (χ3v) is 6.87. The molecule has 0 amide bonds. The minimum Gasteiger partial charge on any atom is -0.467 e. The minimum atomic E-state index is -4.94. The van der Waals surface area contributed by atoms with Gasteiger partial charge in [0.1, 0.15) is 23.4 Å². The number of thioether (sulfide) groups is 1. The Bertz CT molecular complexity index is 1350. The number of esters is 1. The standard InChI is InChI=1S/C24H18F5NO4S/c1-12-15(10-16-17(25)7-4-8-18(16)26)22-30(19(11-35-22)23(32)33-2)21(31)20(12)13-5-3-6-14(9-13)34-24(27,28)29/h3-9,19H,10-11H2,1-2H3. The van der Waals surface area contributed by atoms with Gasteiger partial charge in [-0.1, -0.05) is 18.2 Å². The molecule has 184 valence electrons. The molecule has 2 aromatic carbocycles. The van der Waals surface area contributed by atoms with Crippen LogP contribution in [-0.2, 0) is 16.0 Å². The highest BCUT2D eigenvalue weighted by atomic mass is 32.2. The van der Waals surface area contributed by atoms with Crippen LogP contribution >= 0.6 is 11.8 Å². The summed E-state index contributed by atoms with van der Waals surface area (Å²) in [6.07, 6.45) is -5.19. The molecule has 0 radical (unpaired) electrons. The summed E-state index contributed by atoms with van der Waals surface area (Å²) in [5, 5.41) is 0.344. The summed E-state index contributed by atoms with van der Waals surface area (Å²) in [6, 6.07) is 7.26. The number of carbonyl (C=O) groups is 1. The monoisotopic (exact) mass is 511 g/mol. The van der Waals surface area contributed by atoms with E-state index in [0.29, 0.717) is 16.2 Å². The lowest BCUT2D eigenvalue weighted by Crippen LogP contribution is -2.32. The maximum Gasteiger partial charge on any atom is 0.573 e. The fraction of sp³-hybridized carbons (Fsp3) is 0.250. The number of ether oxygens (including phenoxy) is 2. The quantitative estimate of drug-likeness (QED) is 0.339. The van der Waals surface area contributed by atoms with Crippen LogP contribution in [0.15, 0.2) is 52.3 Å². The van der Waals surface area contributed by atoms with Crippen LogP contribution in [0.2, 0.25) is 0 Å². The summed E-state index contributed by atoms with van der Waals surface area (Å²) < 4.78 is 77.2. The molecule has 11 heteroatoms. The summed E-state index contributed by atoms with van der Waals surface area (Å²) in [6.45, 7) is 1.55. The first-order valence-electron chi connectivity index (χ1n) is 10.3.